The van der Waals surface area contributed by atoms with Crippen LogP contribution in [0.25, 0.3) is 0 Å². The van der Waals surface area contributed by atoms with Crippen LogP contribution in [0.3, 0.4) is 0 Å². The molecule has 1 rings (SSSR count). The Morgan fingerprint density at radius 2 is 2.44 bits per heavy atom. The Bertz CT molecular complexity index is 201. The van der Waals surface area contributed by atoms with Crippen LogP contribution in [0.1, 0.15) is 0 Å². The van der Waals surface area contributed by atoms with Crippen LogP contribution in [-0.2, 0) is 0 Å². The summed E-state index contributed by atoms with van der Waals surface area (Å²) in [5, 5.41) is 2.84. The molecule has 3 nitrogen and oxygen atoms in total. The Morgan fingerprint density at radius 1 is 1.67 bits per heavy atom. The van der Waals surface area contributed by atoms with Gasteiger partial charge in [0.15, 0.2) is 0 Å². The molecule has 0 radical (unpaired) electrons. The molecule has 0 aliphatic carbocycles. The largest absolute Gasteiger partial charge is 0.357 e. The molecule has 1 heterocycles. The van der Waals surface area contributed by atoms with E-state index in [1.165, 1.54) is 0 Å². The predicted octanol–water partition coefficient (Wildman–Crippen LogP) is 1.12. The van der Waals surface area contributed by atoms with E-state index in [1.54, 1.807) is 13.2 Å². The first-order valence-corrected chi connectivity index (χ1v) is 3.57. The highest BCUT2D eigenvalue weighted by Crippen LogP contribution is 2.00. The number of hydrogen-bond donors (Lipinski definition) is 1. The normalized spacial score (nSPS) is 9.11. The fourth-order valence-corrected chi connectivity index (χ4v) is 0.846. The quantitative estimate of drug-likeness (QED) is 0.585. The van der Waals surface area contributed by atoms with Crippen LogP contribution < -0.4 is 5.32 Å². The fraction of sp³-hybridized carbons (Fsp3) is 0.200. The van der Waals surface area contributed by atoms with Crippen molar-refractivity contribution in [2.24, 2.45) is 0 Å². The number of nitrogens with zero attached hydrogens (tertiary/aromatic N) is 2. The third kappa shape index (κ3) is 1.78. The minimum atomic E-state index is 0.668. The molecule has 1 aromatic heterocycles. The maximum Gasteiger partial charge on any atom is 0.223 e. The Morgan fingerprint density at radius 3 is 2.89 bits per heavy atom. The topological polar surface area (TPSA) is 37.8 Å². The first-order valence-electron chi connectivity index (χ1n) is 2.49. The van der Waals surface area contributed by atoms with Crippen LogP contribution >= 0.6 is 22.6 Å². The lowest BCUT2D eigenvalue weighted by atomic mass is 10.7. The molecule has 1 aromatic rings. The molecular formula is C5H6IN3. The van der Waals surface area contributed by atoms with Crippen molar-refractivity contribution in [1.82, 2.24) is 9.97 Å². The van der Waals surface area contributed by atoms with Crippen molar-refractivity contribution >= 4 is 28.5 Å². The van der Waals surface area contributed by atoms with E-state index in [1.807, 2.05) is 6.07 Å². The van der Waals surface area contributed by atoms with Gasteiger partial charge in [-0.3, -0.25) is 0 Å². The zero-order valence-electron chi connectivity index (χ0n) is 4.93. The number of nitrogens with one attached hydrogen (secondary N) is 1. The summed E-state index contributed by atoms with van der Waals surface area (Å²) in [6.45, 7) is 0. The second-order valence-electron chi connectivity index (χ2n) is 1.45. The summed E-state index contributed by atoms with van der Waals surface area (Å²) in [5.41, 5.74) is 0. The SMILES string of the molecule is CNc1nccc(I)n1. The first kappa shape index (κ1) is 6.73. The summed E-state index contributed by atoms with van der Waals surface area (Å²) < 4.78 is 0.951. The van der Waals surface area contributed by atoms with Gasteiger partial charge in [-0.1, -0.05) is 0 Å². The minimum Gasteiger partial charge on any atom is -0.357 e. The highest BCUT2D eigenvalue weighted by molar-refractivity contribution is 14.1. The maximum atomic E-state index is 4.06. The van der Waals surface area contributed by atoms with E-state index in [-0.39, 0.29) is 0 Å². The van der Waals surface area contributed by atoms with Gasteiger partial charge >= 0.3 is 0 Å². The van der Waals surface area contributed by atoms with E-state index in [9.17, 15) is 0 Å². The summed E-state index contributed by atoms with van der Waals surface area (Å²) in [7, 11) is 1.80. The first-order chi connectivity index (χ1) is 4.33. The molecular weight excluding hydrogens is 229 g/mol. The van der Waals surface area contributed by atoms with E-state index in [0.29, 0.717) is 5.95 Å². The molecule has 9 heavy (non-hydrogen) atoms. The third-order valence-corrected chi connectivity index (χ3v) is 1.45. The van der Waals surface area contributed by atoms with Gasteiger partial charge in [0.25, 0.3) is 0 Å². The molecule has 48 valence electrons. The lowest BCUT2D eigenvalue weighted by Crippen LogP contribution is -1.95. The standard InChI is InChI=1S/C5H6IN3/c1-7-5-8-3-2-4(6)9-5/h2-3H,1H3,(H,7,8,9). The average Bonchev–Trinajstić information content (AvgIpc) is 1.88. The minimum absolute atomic E-state index is 0.668. The van der Waals surface area contributed by atoms with Gasteiger partial charge in [-0.2, -0.15) is 0 Å². The van der Waals surface area contributed by atoms with Gasteiger partial charge in [0, 0.05) is 13.2 Å². The molecule has 4 heteroatoms. The van der Waals surface area contributed by atoms with Gasteiger partial charge in [0.2, 0.25) is 5.95 Å². The van der Waals surface area contributed by atoms with Crippen LogP contribution in [0.2, 0.25) is 0 Å². The molecule has 0 amide bonds. The number of hydrogen-bond acceptors (Lipinski definition) is 3. The van der Waals surface area contributed by atoms with E-state index in [0.717, 1.165) is 3.70 Å². The van der Waals surface area contributed by atoms with Gasteiger partial charge in [-0.25, -0.2) is 9.97 Å². The molecule has 0 spiro atoms. The van der Waals surface area contributed by atoms with Crippen LogP contribution in [0.5, 0.6) is 0 Å². The van der Waals surface area contributed by atoms with E-state index in [2.05, 4.69) is 37.9 Å². The van der Waals surface area contributed by atoms with E-state index >= 15 is 0 Å². The zero-order valence-corrected chi connectivity index (χ0v) is 7.08. The smallest absolute Gasteiger partial charge is 0.223 e. The Balaban J connectivity index is 2.94. The van der Waals surface area contributed by atoms with Crippen molar-refractivity contribution in [2.45, 2.75) is 0 Å². The van der Waals surface area contributed by atoms with Crippen LogP contribution in [0, 0.1) is 3.70 Å². The molecule has 0 unspecified atom stereocenters. The van der Waals surface area contributed by atoms with Crippen molar-refractivity contribution < 1.29 is 0 Å². The van der Waals surface area contributed by atoms with E-state index < -0.39 is 0 Å². The Kier molecular flexibility index (Phi) is 2.21. The lowest BCUT2D eigenvalue weighted by Gasteiger charge is -1.94. The molecule has 0 fully saturated rings. The second kappa shape index (κ2) is 2.95. The summed E-state index contributed by atoms with van der Waals surface area (Å²) in [6, 6.07) is 1.85. The summed E-state index contributed by atoms with van der Waals surface area (Å²) in [4.78, 5) is 7.99. The maximum absolute atomic E-state index is 4.06. The highest BCUT2D eigenvalue weighted by atomic mass is 127. The molecule has 0 aliphatic rings. The predicted molar refractivity (Wildman–Crippen MR) is 44.3 cm³/mol. The summed E-state index contributed by atoms with van der Waals surface area (Å²) >= 11 is 2.14. The van der Waals surface area contributed by atoms with Crippen molar-refractivity contribution in [3.05, 3.63) is 16.0 Å². The molecule has 0 bridgehead atoms. The molecule has 0 aliphatic heterocycles. The van der Waals surface area contributed by atoms with Gasteiger partial charge in [-0.15, -0.1) is 0 Å². The van der Waals surface area contributed by atoms with Crippen molar-refractivity contribution in [1.29, 1.82) is 0 Å². The van der Waals surface area contributed by atoms with Gasteiger partial charge in [0.1, 0.15) is 3.70 Å². The number of anilines is 1. The van der Waals surface area contributed by atoms with Crippen molar-refractivity contribution in [2.75, 3.05) is 12.4 Å². The Labute approximate surface area is 67.0 Å². The fourth-order valence-electron chi connectivity index (χ4n) is 0.457. The van der Waals surface area contributed by atoms with Crippen molar-refractivity contribution in [3.63, 3.8) is 0 Å². The Hall–Kier alpha value is -0.390. The number of aromatic nitrogens is 2. The number of halogens is 1. The molecule has 1 N–H and O–H groups in total. The number of rotatable bonds is 1. The lowest BCUT2D eigenvalue weighted by molar-refractivity contribution is 1.12. The van der Waals surface area contributed by atoms with Gasteiger partial charge < -0.3 is 5.32 Å². The van der Waals surface area contributed by atoms with Crippen molar-refractivity contribution in [3.8, 4) is 0 Å². The zero-order chi connectivity index (χ0) is 6.69. The molecule has 0 aromatic carbocycles. The van der Waals surface area contributed by atoms with Crippen LogP contribution in [0.15, 0.2) is 12.3 Å². The molecule has 0 atom stereocenters. The highest BCUT2D eigenvalue weighted by Gasteiger charge is 1.89. The second-order valence-corrected chi connectivity index (χ2v) is 2.56. The molecule has 0 saturated carbocycles. The van der Waals surface area contributed by atoms with Crippen LogP contribution in [0.4, 0.5) is 5.95 Å². The molecule has 0 saturated heterocycles. The average molecular weight is 235 g/mol. The summed E-state index contributed by atoms with van der Waals surface area (Å²) in [6.07, 6.45) is 1.72. The van der Waals surface area contributed by atoms with Gasteiger partial charge in [0.05, 0.1) is 0 Å². The summed E-state index contributed by atoms with van der Waals surface area (Å²) in [5.74, 6) is 0.668. The monoisotopic (exact) mass is 235 g/mol. The van der Waals surface area contributed by atoms with E-state index in [4.69, 9.17) is 0 Å². The van der Waals surface area contributed by atoms with Crippen LogP contribution in [-0.4, -0.2) is 17.0 Å². The third-order valence-electron chi connectivity index (χ3n) is 0.845. The van der Waals surface area contributed by atoms with Gasteiger partial charge in [-0.05, 0) is 28.7 Å².